The van der Waals surface area contributed by atoms with Crippen LogP contribution in [0.2, 0.25) is 0 Å². The zero-order valence-electron chi connectivity index (χ0n) is 63.8. The molecular formula is C64H136N4O14Zr4. The van der Waals surface area contributed by atoms with Gasteiger partial charge in [-0.15, -0.1) is 78.4 Å². The van der Waals surface area contributed by atoms with E-state index in [-0.39, 0.29) is 105 Å². The molecule has 0 heterocycles. The molecule has 0 bridgehead atoms. The third-order valence-corrected chi connectivity index (χ3v) is 0.562. The molecule has 0 unspecified atom stereocenters. The quantitative estimate of drug-likeness (QED) is 0.289. The van der Waals surface area contributed by atoms with E-state index in [0.717, 1.165) is 0 Å². The summed E-state index contributed by atoms with van der Waals surface area (Å²) in [4.78, 5) is 0. The molecule has 0 aromatic heterocycles. The maximum atomic E-state index is 10.1. The summed E-state index contributed by atoms with van der Waals surface area (Å²) in [6.45, 7) is 71.7. The van der Waals surface area contributed by atoms with Crippen LogP contribution in [0.3, 0.4) is 0 Å². The molecule has 18 nitrogen and oxygen atoms in total. The van der Waals surface area contributed by atoms with Crippen LogP contribution in [0.5, 0.6) is 0 Å². The van der Waals surface area contributed by atoms with E-state index in [1.165, 1.54) is 12.2 Å². The Morgan fingerprint density at radius 2 is 0.244 bits per heavy atom. The van der Waals surface area contributed by atoms with Gasteiger partial charge < -0.3 is 83.0 Å². The van der Waals surface area contributed by atoms with E-state index >= 15 is 0 Å². The molecule has 2 N–H and O–H groups in total. The molecule has 0 saturated carbocycles. The average Bonchev–Trinajstić information content (AvgIpc) is 2.84. The van der Waals surface area contributed by atoms with E-state index in [1.807, 2.05) is 0 Å². The van der Waals surface area contributed by atoms with Gasteiger partial charge in [0.05, 0.1) is 12.1 Å². The minimum Gasteiger partial charge on any atom is -0.850 e. The van der Waals surface area contributed by atoms with E-state index in [4.69, 9.17) is 22.0 Å². The third-order valence-electron chi connectivity index (χ3n) is 0.562. The number of hydrogen-bond acceptors (Lipinski definition) is 16. The minimum absolute atomic E-state index is 0. The number of hydrogen-bond donors (Lipinski definition) is 0. The van der Waals surface area contributed by atoms with Gasteiger partial charge in [-0.1, -0.05) is 305 Å². The van der Waals surface area contributed by atoms with Gasteiger partial charge in [-0.2, -0.15) is 21.9 Å². The molecular weight excluding hydrogens is 1410 g/mol. The average molecular weight is 1550 g/mol. The largest absolute Gasteiger partial charge is 4.00 e. The summed E-state index contributed by atoms with van der Waals surface area (Å²) >= 11 is 0. The molecule has 0 aliphatic heterocycles. The number of nitrogens with one attached hydrogen (secondary N) is 2. The molecule has 0 aliphatic carbocycles. The van der Waals surface area contributed by atoms with Gasteiger partial charge >= 0.3 is 105 Å². The smallest absolute Gasteiger partial charge is 0.850 e. The van der Waals surface area contributed by atoms with Gasteiger partial charge in [-0.05, 0) is 12.2 Å². The second-order valence-corrected chi connectivity index (χ2v) is 31.5. The van der Waals surface area contributed by atoms with Crippen molar-refractivity contribution in [2.45, 2.75) is 383 Å². The summed E-state index contributed by atoms with van der Waals surface area (Å²) < 4.78 is 0. The van der Waals surface area contributed by atoms with Crippen molar-refractivity contribution in [3.63, 3.8) is 0 Å². The number of rotatable bonds is 0. The zero-order chi connectivity index (χ0) is 73.0. The number of nitrogens with zero attached hydrogens (tertiary/aromatic N) is 2. The van der Waals surface area contributed by atoms with Crippen LogP contribution in [0.25, 0.3) is 11.5 Å². The molecule has 22 heteroatoms. The van der Waals surface area contributed by atoms with Crippen molar-refractivity contribution in [3.05, 3.63) is 35.0 Å². The van der Waals surface area contributed by atoms with Crippen molar-refractivity contribution in [2.24, 2.45) is 0 Å². The van der Waals surface area contributed by atoms with Gasteiger partial charge in [0.1, 0.15) is 0 Å². The summed E-state index contributed by atoms with van der Waals surface area (Å²) in [5.41, 5.74) is 3.34. The van der Waals surface area contributed by atoms with Crippen molar-refractivity contribution in [1.29, 1.82) is 10.5 Å². The molecule has 0 atom stereocenters. The Hall–Kier alpha value is 1.03. The molecule has 0 radical (unpaired) electrons. The second-order valence-electron chi connectivity index (χ2n) is 31.5. The van der Waals surface area contributed by atoms with Crippen LogP contribution in [-0.4, -0.2) is 78.4 Å². The van der Waals surface area contributed by atoms with E-state index in [2.05, 4.69) is 0 Å². The molecule has 0 amide bonds. The van der Waals surface area contributed by atoms with Gasteiger partial charge in [-0.3, -0.25) is 0 Å². The van der Waals surface area contributed by atoms with Gasteiger partial charge in [0.2, 0.25) is 0 Å². The molecule has 0 fully saturated rings. The molecule has 86 heavy (non-hydrogen) atoms. The Kier molecular flexibility index (Phi) is 115. The van der Waals surface area contributed by atoms with Gasteiger partial charge in [-0.25, -0.2) is 0 Å². The molecule has 0 aliphatic rings. The maximum Gasteiger partial charge on any atom is 4.00 e. The van der Waals surface area contributed by atoms with E-state index in [1.54, 1.807) is 317 Å². The Morgan fingerprint density at radius 3 is 0.244 bits per heavy atom. The van der Waals surface area contributed by atoms with Crippen molar-refractivity contribution in [1.82, 2.24) is 0 Å². The van der Waals surface area contributed by atoms with Crippen LogP contribution in [0.4, 0.5) is 0 Å². The zero-order valence-corrected chi connectivity index (χ0v) is 73.6. The van der Waals surface area contributed by atoms with Crippen LogP contribution in [0.1, 0.15) is 305 Å². The van der Waals surface area contributed by atoms with Crippen LogP contribution in [0.15, 0.2) is 23.5 Å². The van der Waals surface area contributed by atoms with E-state index in [0.29, 0.717) is 11.4 Å². The number of allylic oxidation sites excluding steroid dienone is 4. The summed E-state index contributed by atoms with van der Waals surface area (Å²) in [6, 6.07) is 3.44. The molecule has 512 valence electrons. The molecule has 0 aromatic rings. The maximum absolute atomic E-state index is 10.1. The number of nitriles is 2. The van der Waals surface area contributed by atoms with Crippen LogP contribution in [-0.2, 0) is 105 Å². The fourth-order valence-electron chi connectivity index (χ4n) is 0.194. The van der Waals surface area contributed by atoms with Gasteiger partial charge in [0, 0.05) is 0 Å². The van der Waals surface area contributed by atoms with Crippen molar-refractivity contribution in [3.8, 4) is 12.1 Å². The Morgan fingerprint density at radius 1 is 0.209 bits per heavy atom. The van der Waals surface area contributed by atoms with Crippen LogP contribution >= 0.6 is 0 Å². The first kappa shape index (κ1) is 143. The van der Waals surface area contributed by atoms with Crippen LogP contribution in [0, 0.1) is 22.7 Å². The van der Waals surface area contributed by atoms with Gasteiger partial charge in [0.25, 0.3) is 0 Å². The van der Waals surface area contributed by atoms with Crippen LogP contribution < -0.4 is 71.5 Å². The topological polar surface area (TPSA) is 418 Å². The second kappa shape index (κ2) is 68.9. The standard InChI is InChI=1S/2C4H5N2.14C4H9O.4Zr/c2*1-4(6)2-3-5;14*1-4(2,3)5;;;;/h2*2,6H,1H3;14*1-3H3;;;;/q16*-1;4*+4/b2*4-2+;;;;;;;;;;;;;;;;;;. The minimum atomic E-state index is -0.750. The Bertz CT molecular complexity index is 1020. The molecule has 0 spiro atoms. The summed E-state index contributed by atoms with van der Waals surface area (Å²) in [6.07, 6.45) is 2.36. The predicted octanol–water partition coefficient (Wildman–Crippen LogP) is 4.95. The summed E-state index contributed by atoms with van der Waals surface area (Å²) in [5.74, 6) is 0. The first-order chi connectivity index (χ1) is 33.5. The fourth-order valence-corrected chi connectivity index (χ4v) is 0.194. The molecule has 0 rings (SSSR count). The van der Waals surface area contributed by atoms with Crippen molar-refractivity contribution in [2.75, 3.05) is 0 Å². The van der Waals surface area contributed by atoms with Crippen molar-refractivity contribution >= 4 is 0 Å². The predicted molar refractivity (Wildman–Crippen MR) is 324 cm³/mol. The monoisotopic (exact) mass is 1540 g/mol. The van der Waals surface area contributed by atoms with Crippen molar-refractivity contribution < 1.29 is 176 Å². The van der Waals surface area contributed by atoms with Gasteiger partial charge in [0.15, 0.2) is 0 Å². The fraction of sp³-hybridized carbons (Fsp3) is 0.906. The first-order valence-corrected chi connectivity index (χ1v) is 27.0. The Balaban J connectivity index is -0.0000000299. The SMILES string of the molecule is C/C([NH-])=C\C#N.C/C([NH-])=C\C#N.CC(C)(C)[O-].CC(C)(C)[O-].CC(C)(C)[O-].CC(C)(C)[O-].CC(C)(C)[O-].CC(C)(C)[O-].CC(C)(C)[O-].CC(C)(C)[O-].CC(C)(C)[O-].CC(C)(C)[O-].CC(C)(C)[O-].CC(C)(C)[O-].CC(C)(C)[O-].CC(C)(C)[O-].[Zr+4].[Zr+4].[Zr+4].[Zr+4]. The molecule has 0 aromatic carbocycles. The Labute approximate surface area is 611 Å². The third kappa shape index (κ3) is 12100. The first-order valence-electron chi connectivity index (χ1n) is 27.0. The summed E-state index contributed by atoms with van der Waals surface area (Å²) in [7, 11) is 0. The summed E-state index contributed by atoms with van der Waals surface area (Å²) in [5, 5.41) is 157. The molecule has 0 saturated heterocycles. The van der Waals surface area contributed by atoms with E-state index < -0.39 is 78.4 Å². The normalized spacial score (nSPS) is 11.2. The van der Waals surface area contributed by atoms with E-state index in [9.17, 15) is 71.5 Å².